The van der Waals surface area contributed by atoms with E-state index in [1.165, 1.54) is 11.3 Å². The predicted octanol–water partition coefficient (Wildman–Crippen LogP) is 4.39. The summed E-state index contributed by atoms with van der Waals surface area (Å²) in [7, 11) is 0. The Bertz CT molecular complexity index is 615. The van der Waals surface area contributed by atoms with Gasteiger partial charge in [-0.3, -0.25) is 4.79 Å². The Morgan fingerprint density at radius 2 is 1.69 bits per heavy atom. The fraction of sp³-hybridized carbons (Fsp3) is 0.611. The van der Waals surface area contributed by atoms with E-state index in [1.54, 1.807) is 47.6 Å². The van der Waals surface area contributed by atoms with Crippen molar-refractivity contribution in [2.75, 3.05) is 6.54 Å². The minimum absolute atomic E-state index is 0.00130. The maximum absolute atomic E-state index is 12.3. The molecule has 1 N–H and O–H groups in total. The van der Waals surface area contributed by atoms with Crippen LogP contribution in [0.1, 0.15) is 64.1 Å². The number of nitrogens with one attached hydrogen (secondary N) is 1. The molecule has 0 saturated carbocycles. The van der Waals surface area contributed by atoms with E-state index in [9.17, 15) is 14.4 Å². The van der Waals surface area contributed by atoms with Crippen molar-refractivity contribution in [2.45, 2.75) is 65.6 Å². The van der Waals surface area contributed by atoms with E-state index in [0.29, 0.717) is 11.3 Å². The fourth-order valence-corrected chi connectivity index (χ4v) is 2.57. The number of thiophene rings is 1. The van der Waals surface area contributed by atoms with Gasteiger partial charge in [0.25, 0.3) is 0 Å². The first kappa shape index (κ1) is 22.0. The number of carbonyl (C=O) groups is 3. The van der Waals surface area contributed by atoms with E-state index in [2.05, 4.69) is 5.43 Å². The zero-order valence-electron chi connectivity index (χ0n) is 16.3. The summed E-state index contributed by atoms with van der Waals surface area (Å²) in [6.07, 6.45) is -0.818. The molecule has 0 unspecified atom stereocenters. The quantitative estimate of drug-likeness (QED) is 0.601. The van der Waals surface area contributed by atoms with Gasteiger partial charge in [0.1, 0.15) is 11.2 Å². The Morgan fingerprint density at radius 1 is 1.08 bits per heavy atom. The Morgan fingerprint density at radius 3 is 2.19 bits per heavy atom. The highest BCUT2D eigenvalue weighted by atomic mass is 32.1. The summed E-state index contributed by atoms with van der Waals surface area (Å²) in [6, 6.07) is 3.58. The van der Waals surface area contributed by atoms with Crippen molar-refractivity contribution in [3.05, 3.63) is 22.4 Å². The Balaban J connectivity index is 2.66. The van der Waals surface area contributed by atoms with Crippen molar-refractivity contribution >= 4 is 29.3 Å². The van der Waals surface area contributed by atoms with Crippen LogP contribution >= 0.6 is 11.3 Å². The molecule has 1 rings (SSSR count). The van der Waals surface area contributed by atoms with Crippen LogP contribution in [0.4, 0.5) is 9.59 Å². The number of hydrogen-bond donors (Lipinski definition) is 1. The Labute approximate surface area is 158 Å². The summed E-state index contributed by atoms with van der Waals surface area (Å²) in [5, 5.41) is 2.88. The SMILES string of the molecule is CC(C)(C)OC(=O)NN(CCCC(=O)c1cccs1)C(=O)OC(C)(C)C. The number of hydrogen-bond acceptors (Lipinski definition) is 6. The molecule has 0 aliphatic rings. The number of ether oxygens (including phenoxy) is 2. The molecule has 0 aliphatic heterocycles. The minimum Gasteiger partial charge on any atom is -0.443 e. The minimum atomic E-state index is -0.757. The zero-order valence-corrected chi connectivity index (χ0v) is 17.1. The van der Waals surface area contributed by atoms with Gasteiger partial charge in [0.05, 0.1) is 4.88 Å². The standard InChI is InChI=1S/C18H28N2O5S/c1-17(2,3)24-15(22)19-20(16(23)25-18(4,5)6)11-7-9-13(21)14-10-8-12-26-14/h8,10,12H,7,9,11H2,1-6H3,(H,19,22). The number of amides is 2. The van der Waals surface area contributed by atoms with Crippen LogP contribution in [0.3, 0.4) is 0 Å². The van der Waals surface area contributed by atoms with Gasteiger partial charge < -0.3 is 9.47 Å². The van der Waals surface area contributed by atoms with Crippen LogP contribution in [-0.2, 0) is 9.47 Å². The molecule has 1 aromatic rings. The third kappa shape index (κ3) is 8.84. The van der Waals surface area contributed by atoms with E-state index in [1.807, 2.05) is 11.4 Å². The lowest BCUT2D eigenvalue weighted by Gasteiger charge is -2.28. The van der Waals surface area contributed by atoms with Gasteiger partial charge >= 0.3 is 12.2 Å². The van der Waals surface area contributed by atoms with Gasteiger partial charge in [-0.2, -0.15) is 0 Å². The van der Waals surface area contributed by atoms with Crippen LogP contribution in [0.15, 0.2) is 17.5 Å². The lowest BCUT2D eigenvalue weighted by Crippen LogP contribution is -2.50. The molecule has 0 saturated heterocycles. The molecule has 26 heavy (non-hydrogen) atoms. The maximum Gasteiger partial charge on any atom is 0.429 e. The van der Waals surface area contributed by atoms with E-state index in [0.717, 1.165) is 5.01 Å². The predicted molar refractivity (Wildman–Crippen MR) is 100 cm³/mol. The second-order valence-electron chi connectivity index (χ2n) is 7.75. The molecule has 1 aromatic heterocycles. The van der Waals surface area contributed by atoms with Gasteiger partial charge in [0, 0.05) is 13.0 Å². The summed E-state index contributed by atoms with van der Waals surface area (Å²) in [5.74, 6) is 0.00130. The third-order valence-electron chi connectivity index (χ3n) is 2.82. The highest BCUT2D eigenvalue weighted by molar-refractivity contribution is 7.12. The van der Waals surface area contributed by atoms with E-state index in [4.69, 9.17) is 9.47 Å². The van der Waals surface area contributed by atoms with Crippen molar-refractivity contribution in [3.8, 4) is 0 Å². The first-order valence-corrected chi connectivity index (χ1v) is 9.32. The summed E-state index contributed by atoms with van der Waals surface area (Å²) < 4.78 is 10.5. The number of Topliss-reactive ketones (excluding diaryl/α,β-unsaturated/α-hetero) is 1. The molecule has 2 amide bonds. The maximum atomic E-state index is 12.3. The normalized spacial score (nSPS) is 11.6. The average molecular weight is 384 g/mol. The number of rotatable bonds is 5. The van der Waals surface area contributed by atoms with Crippen molar-refractivity contribution in [3.63, 3.8) is 0 Å². The first-order valence-electron chi connectivity index (χ1n) is 8.44. The van der Waals surface area contributed by atoms with Gasteiger partial charge in [-0.1, -0.05) is 6.07 Å². The Kier molecular flexibility index (Phi) is 7.62. The molecule has 0 aromatic carbocycles. The molecule has 0 fully saturated rings. The smallest absolute Gasteiger partial charge is 0.429 e. The largest absolute Gasteiger partial charge is 0.443 e. The molecule has 0 bridgehead atoms. The van der Waals surface area contributed by atoms with Gasteiger partial charge in [0.15, 0.2) is 5.78 Å². The molecule has 0 atom stereocenters. The van der Waals surface area contributed by atoms with Gasteiger partial charge in [-0.05, 0) is 59.4 Å². The second-order valence-corrected chi connectivity index (χ2v) is 8.70. The van der Waals surface area contributed by atoms with Gasteiger partial charge in [-0.15, -0.1) is 11.3 Å². The van der Waals surface area contributed by atoms with Gasteiger partial charge in [-0.25, -0.2) is 20.0 Å². The molecular weight excluding hydrogens is 356 g/mol. The first-order chi connectivity index (χ1) is 11.9. The summed E-state index contributed by atoms with van der Waals surface area (Å²) >= 11 is 1.38. The van der Waals surface area contributed by atoms with Gasteiger partial charge in [0.2, 0.25) is 0 Å². The van der Waals surface area contributed by atoms with Crippen molar-refractivity contribution < 1.29 is 23.9 Å². The highest BCUT2D eigenvalue weighted by Crippen LogP contribution is 2.14. The summed E-state index contributed by atoms with van der Waals surface area (Å²) in [6.45, 7) is 10.5. The fourth-order valence-electron chi connectivity index (χ4n) is 1.88. The molecule has 1 heterocycles. The molecule has 146 valence electrons. The number of ketones is 1. The lowest BCUT2D eigenvalue weighted by atomic mass is 10.2. The molecule has 0 spiro atoms. The number of carbonyl (C=O) groups excluding carboxylic acids is 3. The van der Waals surface area contributed by atoms with Crippen LogP contribution in [0.5, 0.6) is 0 Å². The van der Waals surface area contributed by atoms with Crippen molar-refractivity contribution in [1.29, 1.82) is 0 Å². The van der Waals surface area contributed by atoms with Crippen LogP contribution in [-0.4, -0.2) is 40.7 Å². The summed E-state index contributed by atoms with van der Waals surface area (Å²) in [5.41, 5.74) is 0.987. The third-order valence-corrected chi connectivity index (χ3v) is 3.73. The lowest BCUT2D eigenvalue weighted by molar-refractivity contribution is 0.00108. The van der Waals surface area contributed by atoms with Crippen molar-refractivity contribution in [2.24, 2.45) is 0 Å². The molecule has 0 radical (unpaired) electrons. The summed E-state index contributed by atoms with van der Waals surface area (Å²) in [4.78, 5) is 37.0. The topological polar surface area (TPSA) is 84.9 Å². The van der Waals surface area contributed by atoms with E-state index in [-0.39, 0.29) is 18.7 Å². The monoisotopic (exact) mass is 384 g/mol. The van der Waals surface area contributed by atoms with Crippen LogP contribution in [0.2, 0.25) is 0 Å². The van der Waals surface area contributed by atoms with Crippen molar-refractivity contribution in [1.82, 2.24) is 10.4 Å². The molecule has 7 nitrogen and oxygen atoms in total. The second kappa shape index (κ2) is 9.02. The van der Waals surface area contributed by atoms with E-state index < -0.39 is 23.4 Å². The number of nitrogens with zero attached hydrogens (tertiary/aromatic N) is 1. The van der Waals surface area contributed by atoms with Crippen LogP contribution < -0.4 is 5.43 Å². The number of hydrazine groups is 1. The van der Waals surface area contributed by atoms with Crippen LogP contribution in [0, 0.1) is 0 Å². The average Bonchev–Trinajstić information content (AvgIpc) is 2.96. The zero-order chi connectivity index (χ0) is 20.0. The highest BCUT2D eigenvalue weighted by Gasteiger charge is 2.26. The molecular formula is C18H28N2O5S. The van der Waals surface area contributed by atoms with Crippen LogP contribution in [0.25, 0.3) is 0 Å². The Hall–Kier alpha value is -2.09. The molecule has 0 aliphatic carbocycles. The molecule has 8 heteroatoms. The van der Waals surface area contributed by atoms with E-state index >= 15 is 0 Å².